The third kappa shape index (κ3) is 3.48. The molecule has 1 saturated heterocycles. The van der Waals surface area contributed by atoms with E-state index in [-0.39, 0.29) is 18.4 Å². The van der Waals surface area contributed by atoms with Crippen molar-refractivity contribution in [1.29, 1.82) is 0 Å². The van der Waals surface area contributed by atoms with Crippen molar-refractivity contribution in [3.8, 4) is 0 Å². The summed E-state index contributed by atoms with van der Waals surface area (Å²) in [5.74, 6) is -0.618. The zero-order chi connectivity index (χ0) is 17.9. The van der Waals surface area contributed by atoms with Crippen molar-refractivity contribution in [3.05, 3.63) is 42.5 Å². The first-order valence-corrected chi connectivity index (χ1v) is 7.98. The van der Waals surface area contributed by atoms with Crippen LogP contribution >= 0.6 is 0 Å². The minimum Gasteiger partial charge on any atom is -0.337 e. The predicted molar refractivity (Wildman–Crippen MR) is 92.6 cm³/mol. The molecule has 24 heavy (non-hydrogen) atoms. The average molecular weight is 329 g/mol. The molecule has 0 bridgehead atoms. The largest absolute Gasteiger partial charge is 0.337 e. The Labute approximate surface area is 142 Å². The summed E-state index contributed by atoms with van der Waals surface area (Å²) in [5, 5.41) is 0. The monoisotopic (exact) mass is 329 g/mol. The molecule has 1 unspecified atom stereocenters. The summed E-state index contributed by atoms with van der Waals surface area (Å²) in [5.41, 5.74) is 1.50. The van der Waals surface area contributed by atoms with Crippen molar-refractivity contribution in [3.63, 3.8) is 0 Å². The van der Waals surface area contributed by atoms with Crippen molar-refractivity contribution < 1.29 is 14.4 Å². The zero-order valence-corrected chi connectivity index (χ0v) is 14.4. The molecule has 1 aliphatic rings. The topological polar surface area (TPSA) is 60.9 Å². The van der Waals surface area contributed by atoms with Gasteiger partial charge in [0.1, 0.15) is 12.6 Å². The van der Waals surface area contributed by atoms with Crippen LogP contribution in [0, 0.1) is 0 Å². The van der Waals surface area contributed by atoms with Gasteiger partial charge in [-0.25, -0.2) is 4.79 Å². The lowest BCUT2D eigenvalue weighted by molar-refractivity contribution is -0.136. The molecule has 0 spiro atoms. The molecule has 1 aromatic carbocycles. The van der Waals surface area contributed by atoms with Gasteiger partial charge in [0, 0.05) is 18.8 Å². The van der Waals surface area contributed by atoms with Crippen molar-refractivity contribution in [2.75, 3.05) is 24.5 Å². The van der Waals surface area contributed by atoms with Gasteiger partial charge in [-0.15, -0.1) is 0 Å². The Kier molecular flexibility index (Phi) is 5.39. The fraction of sp³-hybridized carbons (Fsp3) is 0.389. The van der Waals surface area contributed by atoms with E-state index < -0.39 is 12.1 Å². The molecule has 6 heteroatoms. The van der Waals surface area contributed by atoms with Gasteiger partial charge in [0.15, 0.2) is 0 Å². The first-order valence-electron chi connectivity index (χ1n) is 7.98. The Balaban J connectivity index is 2.16. The second-order valence-electron chi connectivity index (χ2n) is 5.95. The van der Waals surface area contributed by atoms with E-state index >= 15 is 0 Å². The molecular weight excluding hydrogens is 306 g/mol. The summed E-state index contributed by atoms with van der Waals surface area (Å²) in [6.45, 7) is 9.84. The van der Waals surface area contributed by atoms with Gasteiger partial charge >= 0.3 is 6.03 Å². The Hall–Kier alpha value is -2.63. The Morgan fingerprint density at radius 3 is 2.42 bits per heavy atom. The third-order valence-electron chi connectivity index (χ3n) is 3.97. The van der Waals surface area contributed by atoms with Crippen LogP contribution in [0.3, 0.4) is 0 Å². The first-order chi connectivity index (χ1) is 11.4. The normalized spacial score (nSPS) is 17.4. The van der Waals surface area contributed by atoms with Crippen molar-refractivity contribution in [1.82, 2.24) is 9.80 Å². The smallest absolute Gasteiger partial charge is 0.332 e. The summed E-state index contributed by atoms with van der Waals surface area (Å²) in [4.78, 5) is 41.5. The zero-order valence-electron chi connectivity index (χ0n) is 14.4. The molecule has 128 valence electrons. The lowest BCUT2D eigenvalue weighted by atomic mass is 10.2. The van der Waals surface area contributed by atoms with E-state index in [1.54, 1.807) is 36.1 Å². The molecule has 1 aromatic rings. The number of imide groups is 1. The van der Waals surface area contributed by atoms with Gasteiger partial charge in [0.2, 0.25) is 5.91 Å². The second kappa shape index (κ2) is 7.29. The van der Waals surface area contributed by atoms with E-state index in [1.165, 1.54) is 4.90 Å². The predicted octanol–water partition coefficient (Wildman–Crippen LogP) is 2.27. The fourth-order valence-corrected chi connectivity index (χ4v) is 2.73. The molecule has 1 heterocycles. The highest BCUT2D eigenvalue weighted by Crippen LogP contribution is 2.25. The van der Waals surface area contributed by atoms with Crippen LogP contribution in [0.2, 0.25) is 0 Å². The number of nitrogens with zero attached hydrogens (tertiary/aromatic N) is 3. The van der Waals surface area contributed by atoms with Crippen LogP contribution in [0.25, 0.3) is 0 Å². The molecule has 0 radical (unpaired) electrons. The number of likely N-dealkylation sites (N-methyl/N-ethyl adjacent to an activating group) is 1. The molecule has 0 saturated carbocycles. The van der Waals surface area contributed by atoms with Crippen molar-refractivity contribution in [2.45, 2.75) is 26.8 Å². The SMILES string of the molecule is C=C(C)CN(CC)C(=O)CN1C(=O)C(C)N(c2ccccc2)C1=O. The maximum atomic E-state index is 12.6. The van der Waals surface area contributed by atoms with Crippen LogP contribution < -0.4 is 4.90 Å². The van der Waals surface area contributed by atoms with Crippen LogP contribution in [-0.2, 0) is 9.59 Å². The minimum atomic E-state index is -0.621. The fourth-order valence-electron chi connectivity index (χ4n) is 2.73. The maximum absolute atomic E-state index is 12.6. The third-order valence-corrected chi connectivity index (χ3v) is 3.97. The number of amides is 4. The van der Waals surface area contributed by atoms with Gasteiger partial charge in [0.05, 0.1) is 0 Å². The van der Waals surface area contributed by atoms with E-state index in [4.69, 9.17) is 0 Å². The van der Waals surface area contributed by atoms with Gasteiger partial charge in [-0.1, -0.05) is 30.4 Å². The van der Waals surface area contributed by atoms with E-state index in [0.29, 0.717) is 18.8 Å². The van der Waals surface area contributed by atoms with Crippen molar-refractivity contribution in [2.24, 2.45) is 0 Å². The van der Waals surface area contributed by atoms with Crippen LogP contribution in [0.5, 0.6) is 0 Å². The highest BCUT2D eigenvalue weighted by Gasteiger charge is 2.44. The Morgan fingerprint density at radius 1 is 1.25 bits per heavy atom. The number of hydrogen-bond acceptors (Lipinski definition) is 3. The number of urea groups is 1. The van der Waals surface area contributed by atoms with Gasteiger partial charge in [-0.2, -0.15) is 0 Å². The summed E-state index contributed by atoms with van der Waals surface area (Å²) in [7, 11) is 0. The number of hydrogen-bond donors (Lipinski definition) is 0. The lowest BCUT2D eigenvalue weighted by Crippen LogP contribution is -2.44. The average Bonchev–Trinajstić information content (AvgIpc) is 2.76. The summed E-state index contributed by atoms with van der Waals surface area (Å²) in [6, 6.07) is 7.91. The first kappa shape index (κ1) is 17.7. The summed E-state index contributed by atoms with van der Waals surface area (Å²) >= 11 is 0. The van der Waals surface area contributed by atoms with Crippen LogP contribution in [-0.4, -0.2) is 53.3 Å². The van der Waals surface area contributed by atoms with Crippen molar-refractivity contribution >= 4 is 23.5 Å². The Bertz CT molecular complexity index is 657. The van der Waals surface area contributed by atoms with E-state index in [1.807, 2.05) is 19.9 Å². The minimum absolute atomic E-state index is 0.244. The lowest BCUT2D eigenvalue weighted by Gasteiger charge is -2.23. The van der Waals surface area contributed by atoms with Gasteiger partial charge in [0.25, 0.3) is 5.91 Å². The number of benzene rings is 1. The van der Waals surface area contributed by atoms with Crippen LogP contribution in [0.1, 0.15) is 20.8 Å². The van der Waals surface area contributed by atoms with Crippen LogP contribution in [0.4, 0.5) is 10.5 Å². The highest BCUT2D eigenvalue weighted by atomic mass is 16.2. The van der Waals surface area contributed by atoms with Gasteiger partial charge < -0.3 is 4.90 Å². The molecule has 0 N–H and O–H groups in total. The standard InChI is InChI=1S/C18H23N3O3/c1-5-19(11-13(2)3)16(22)12-20-17(23)14(4)21(18(20)24)15-9-7-6-8-10-15/h6-10,14H,2,5,11-12H2,1,3-4H3. The number of anilines is 1. The number of carbonyl (C=O) groups is 3. The number of para-hydroxylation sites is 1. The molecule has 1 aliphatic heterocycles. The maximum Gasteiger partial charge on any atom is 0.332 e. The van der Waals surface area contributed by atoms with E-state index in [0.717, 1.165) is 10.5 Å². The quantitative estimate of drug-likeness (QED) is 0.594. The molecular formula is C18H23N3O3. The molecule has 0 aliphatic carbocycles. The second-order valence-corrected chi connectivity index (χ2v) is 5.95. The van der Waals surface area contributed by atoms with Crippen LogP contribution in [0.15, 0.2) is 42.5 Å². The van der Waals surface area contributed by atoms with E-state index in [9.17, 15) is 14.4 Å². The molecule has 4 amide bonds. The number of carbonyl (C=O) groups excluding carboxylic acids is 3. The molecule has 1 atom stereocenters. The van der Waals surface area contributed by atoms with Gasteiger partial charge in [-0.05, 0) is 32.9 Å². The molecule has 1 fully saturated rings. The van der Waals surface area contributed by atoms with Gasteiger partial charge in [-0.3, -0.25) is 19.4 Å². The Morgan fingerprint density at radius 2 is 1.88 bits per heavy atom. The molecule has 2 rings (SSSR count). The molecule has 6 nitrogen and oxygen atoms in total. The summed E-state index contributed by atoms with van der Waals surface area (Å²) < 4.78 is 0. The highest BCUT2D eigenvalue weighted by molar-refractivity contribution is 6.15. The molecule has 0 aromatic heterocycles. The van der Waals surface area contributed by atoms with E-state index in [2.05, 4.69) is 6.58 Å². The number of rotatable bonds is 6. The summed E-state index contributed by atoms with van der Waals surface area (Å²) in [6.07, 6.45) is 0.